The van der Waals surface area contributed by atoms with E-state index < -0.39 is 0 Å². The van der Waals surface area contributed by atoms with Gasteiger partial charge in [0.25, 0.3) is 0 Å². The summed E-state index contributed by atoms with van der Waals surface area (Å²) in [5, 5.41) is 9.98. The van der Waals surface area contributed by atoms with E-state index in [4.69, 9.17) is 5.73 Å². The van der Waals surface area contributed by atoms with Crippen molar-refractivity contribution in [3.63, 3.8) is 0 Å². The Bertz CT molecular complexity index is 546. The summed E-state index contributed by atoms with van der Waals surface area (Å²) in [6.45, 7) is 0. The zero-order valence-electron chi connectivity index (χ0n) is 10.2. The van der Waals surface area contributed by atoms with Crippen molar-refractivity contribution in [2.24, 2.45) is 11.7 Å². The molecule has 1 fully saturated rings. The molecule has 2 heteroatoms. The minimum Gasteiger partial charge on any atom is -0.507 e. The zero-order chi connectivity index (χ0) is 12.5. The molecule has 2 nitrogen and oxygen atoms in total. The van der Waals surface area contributed by atoms with Gasteiger partial charge in [-0.3, -0.25) is 0 Å². The van der Waals surface area contributed by atoms with Gasteiger partial charge in [-0.1, -0.05) is 36.4 Å². The third-order valence-electron chi connectivity index (χ3n) is 3.62. The van der Waals surface area contributed by atoms with Crippen molar-refractivity contribution >= 4 is 0 Å². The Morgan fingerprint density at radius 1 is 1.06 bits per heavy atom. The second-order valence-electron chi connectivity index (χ2n) is 5.01. The molecule has 0 aliphatic heterocycles. The van der Waals surface area contributed by atoms with Gasteiger partial charge in [-0.15, -0.1) is 0 Å². The molecule has 2 aromatic rings. The topological polar surface area (TPSA) is 46.2 Å². The van der Waals surface area contributed by atoms with Gasteiger partial charge in [-0.25, -0.2) is 0 Å². The third-order valence-corrected chi connectivity index (χ3v) is 3.62. The second-order valence-corrected chi connectivity index (χ2v) is 5.01. The Kier molecular flexibility index (Phi) is 2.80. The number of aromatic hydroxyl groups is 1. The van der Waals surface area contributed by atoms with Gasteiger partial charge < -0.3 is 10.8 Å². The lowest BCUT2D eigenvalue weighted by molar-refractivity contribution is 0.476. The molecule has 1 unspecified atom stereocenters. The highest BCUT2D eigenvalue weighted by Crippen LogP contribution is 2.41. The number of hydrogen-bond acceptors (Lipinski definition) is 2. The number of phenolic OH excluding ortho intramolecular Hbond substituents is 1. The molecule has 92 valence electrons. The number of benzene rings is 2. The largest absolute Gasteiger partial charge is 0.507 e. The predicted molar refractivity (Wildman–Crippen MR) is 73.2 cm³/mol. The van der Waals surface area contributed by atoms with Gasteiger partial charge in [0.15, 0.2) is 0 Å². The first-order valence-corrected chi connectivity index (χ1v) is 6.39. The third kappa shape index (κ3) is 2.12. The Hall–Kier alpha value is -1.80. The molecule has 0 amide bonds. The summed E-state index contributed by atoms with van der Waals surface area (Å²) < 4.78 is 0. The van der Waals surface area contributed by atoms with Crippen LogP contribution in [0.1, 0.15) is 24.4 Å². The van der Waals surface area contributed by atoms with E-state index in [1.807, 2.05) is 42.5 Å². The number of hydrogen-bond donors (Lipinski definition) is 2. The van der Waals surface area contributed by atoms with Crippen LogP contribution in [0.4, 0.5) is 0 Å². The van der Waals surface area contributed by atoms with Crippen LogP contribution in [0.25, 0.3) is 11.1 Å². The van der Waals surface area contributed by atoms with Gasteiger partial charge in [0.1, 0.15) is 5.75 Å². The first-order valence-electron chi connectivity index (χ1n) is 6.39. The van der Waals surface area contributed by atoms with E-state index in [0.717, 1.165) is 16.7 Å². The van der Waals surface area contributed by atoms with Gasteiger partial charge in [0, 0.05) is 11.6 Å². The fourth-order valence-electron chi connectivity index (χ4n) is 2.34. The SMILES string of the molecule is NC(c1ccc(O)c(-c2ccccc2)c1)C1CC1. The van der Waals surface area contributed by atoms with E-state index in [9.17, 15) is 5.11 Å². The molecule has 1 saturated carbocycles. The van der Waals surface area contributed by atoms with Crippen molar-refractivity contribution in [2.45, 2.75) is 18.9 Å². The summed E-state index contributed by atoms with van der Waals surface area (Å²) in [5.41, 5.74) is 9.23. The lowest BCUT2D eigenvalue weighted by atomic mass is 9.97. The normalized spacial score (nSPS) is 16.5. The van der Waals surface area contributed by atoms with Gasteiger partial charge in [-0.05, 0) is 42.0 Å². The molecule has 3 rings (SSSR count). The van der Waals surface area contributed by atoms with Crippen LogP contribution in [0.15, 0.2) is 48.5 Å². The molecule has 18 heavy (non-hydrogen) atoms. The first kappa shape index (κ1) is 11.3. The van der Waals surface area contributed by atoms with Crippen LogP contribution in [0, 0.1) is 5.92 Å². The Morgan fingerprint density at radius 3 is 2.44 bits per heavy atom. The van der Waals surface area contributed by atoms with Crippen molar-refractivity contribution in [3.05, 3.63) is 54.1 Å². The Labute approximate surface area is 107 Å². The standard InChI is InChI=1S/C16H17NO/c17-16(12-6-7-12)13-8-9-15(18)14(10-13)11-4-2-1-3-5-11/h1-5,8-10,12,16,18H,6-7,17H2. The highest BCUT2D eigenvalue weighted by atomic mass is 16.3. The molecule has 0 radical (unpaired) electrons. The fourth-order valence-corrected chi connectivity index (χ4v) is 2.34. The van der Waals surface area contributed by atoms with Crippen LogP contribution in [0.5, 0.6) is 5.75 Å². The van der Waals surface area contributed by atoms with Crippen LogP contribution >= 0.6 is 0 Å². The van der Waals surface area contributed by atoms with Crippen molar-refractivity contribution in [2.75, 3.05) is 0 Å². The Morgan fingerprint density at radius 2 is 1.78 bits per heavy atom. The summed E-state index contributed by atoms with van der Waals surface area (Å²) in [5.74, 6) is 0.936. The molecule has 0 bridgehead atoms. The highest BCUT2D eigenvalue weighted by Gasteiger charge is 2.29. The summed E-state index contributed by atoms with van der Waals surface area (Å²) in [4.78, 5) is 0. The van der Waals surface area contributed by atoms with Gasteiger partial charge in [-0.2, -0.15) is 0 Å². The molecule has 1 aliphatic carbocycles. The van der Waals surface area contributed by atoms with Gasteiger partial charge >= 0.3 is 0 Å². The molecular weight excluding hydrogens is 222 g/mol. The number of nitrogens with two attached hydrogens (primary N) is 1. The molecule has 0 aromatic heterocycles. The van der Waals surface area contributed by atoms with Crippen LogP contribution in [0.3, 0.4) is 0 Å². The molecule has 0 spiro atoms. The maximum absolute atomic E-state index is 9.98. The van der Waals surface area contributed by atoms with E-state index in [0.29, 0.717) is 11.7 Å². The second kappa shape index (κ2) is 4.46. The Balaban J connectivity index is 2.00. The summed E-state index contributed by atoms with van der Waals surface area (Å²) in [6, 6.07) is 15.7. The fraction of sp³-hybridized carbons (Fsp3) is 0.250. The van der Waals surface area contributed by atoms with Crippen molar-refractivity contribution in [3.8, 4) is 16.9 Å². The van der Waals surface area contributed by atoms with Crippen LogP contribution in [-0.4, -0.2) is 5.11 Å². The number of rotatable bonds is 3. The summed E-state index contributed by atoms with van der Waals surface area (Å²) in [7, 11) is 0. The first-order chi connectivity index (χ1) is 8.75. The molecule has 0 heterocycles. The smallest absolute Gasteiger partial charge is 0.123 e. The van der Waals surface area contributed by atoms with Crippen LogP contribution in [0.2, 0.25) is 0 Å². The molecular formula is C16H17NO. The van der Waals surface area contributed by atoms with E-state index in [-0.39, 0.29) is 6.04 Å². The van der Waals surface area contributed by atoms with E-state index in [1.165, 1.54) is 12.8 Å². The monoisotopic (exact) mass is 239 g/mol. The average molecular weight is 239 g/mol. The van der Waals surface area contributed by atoms with Crippen molar-refractivity contribution < 1.29 is 5.11 Å². The number of phenols is 1. The van der Waals surface area contributed by atoms with E-state index in [2.05, 4.69) is 0 Å². The van der Waals surface area contributed by atoms with Crippen LogP contribution < -0.4 is 5.73 Å². The maximum Gasteiger partial charge on any atom is 0.123 e. The zero-order valence-corrected chi connectivity index (χ0v) is 10.2. The predicted octanol–water partition coefficient (Wildman–Crippen LogP) is 3.47. The minimum absolute atomic E-state index is 0.105. The average Bonchev–Trinajstić information content (AvgIpc) is 3.24. The highest BCUT2D eigenvalue weighted by molar-refractivity contribution is 5.70. The molecule has 1 atom stereocenters. The molecule has 1 aliphatic rings. The molecule has 0 saturated heterocycles. The quantitative estimate of drug-likeness (QED) is 0.861. The molecule has 2 aromatic carbocycles. The van der Waals surface area contributed by atoms with Gasteiger partial charge in [0.2, 0.25) is 0 Å². The van der Waals surface area contributed by atoms with E-state index >= 15 is 0 Å². The summed E-state index contributed by atoms with van der Waals surface area (Å²) in [6.07, 6.45) is 2.45. The van der Waals surface area contributed by atoms with E-state index in [1.54, 1.807) is 6.07 Å². The van der Waals surface area contributed by atoms with Crippen LogP contribution in [-0.2, 0) is 0 Å². The van der Waals surface area contributed by atoms with Gasteiger partial charge in [0.05, 0.1) is 0 Å². The molecule has 3 N–H and O–H groups in total. The minimum atomic E-state index is 0.105. The lowest BCUT2D eigenvalue weighted by Gasteiger charge is -2.13. The summed E-state index contributed by atoms with van der Waals surface area (Å²) >= 11 is 0. The van der Waals surface area contributed by atoms with Crippen molar-refractivity contribution in [1.82, 2.24) is 0 Å². The maximum atomic E-state index is 9.98. The van der Waals surface area contributed by atoms with Crippen molar-refractivity contribution in [1.29, 1.82) is 0 Å². The lowest BCUT2D eigenvalue weighted by Crippen LogP contribution is -2.12.